The summed E-state index contributed by atoms with van der Waals surface area (Å²) in [5.74, 6) is 1.20. The van der Waals surface area contributed by atoms with Gasteiger partial charge in [0.1, 0.15) is 13.2 Å². The number of rotatable bonds is 3. The Labute approximate surface area is 134 Å². The molecule has 6 nitrogen and oxygen atoms in total. The molecular formula is C16H20N2O4. The van der Waals surface area contributed by atoms with Gasteiger partial charge in [-0.3, -0.25) is 0 Å². The van der Waals surface area contributed by atoms with Gasteiger partial charge >= 0.3 is 6.09 Å². The van der Waals surface area contributed by atoms with Crippen LogP contribution in [0.25, 0.3) is 0 Å². The molecule has 2 fully saturated rings. The number of fused-ring (bicyclic) bond motifs is 1. The number of nitrogens with zero attached hydrogens (tertiary/aromatic N) is 1. The van der Waals surface area contributed by atoms with E-state index in [1.807, 2.05) is 0 Å². The van der Waals surface area contributed by atoms with Gasteiger partial charge in [-0.15, -0.1) is 0 Å². The van der Waals surface area contributed by atoms with Crippen LogP contribution in [0.15, 0.2) is 18.2 Å². The first kappa shape index (κ1) is 9.94. The van der Waals surface area contributed by atoms with E-state index < -0.39 is 31.2 Å². The van der Waals surface area contributed by atoms with E-state index in [-0.39, 0.29) is 19.4 Å². The second-order valence-corrected chi connectivity index (χ2v) is 5.41. The quantitative estimate of drug-likeness (QED) is 0.921. The molecule has 3 heterocycles. The number of ether oxygens (including phenoxy) is 3. The van der Waals surface area contributed by atoms with Crippen molar-refractivity contribution in [3.63, 3.8) is 0 Å². The predicted octanol–water partition coefficient (Wildman–Crippen LogP) is 1.70. The molecule has 1 N–H and O–H groups in total. The minimum absolute atomic E-state index is 0.00481. The topological polar surface area (TPSA) is 60.0 Å². The average molecular weight is 308 g/mol. The molecule has 1 aromatic carbocycles. The fourth-order valence-electron chi connectivity index (χ4n) is 2.90. The lowest BCUT2D eigenvalue weighted by atomic mass is 10.0. The van der Waals surface area contributed by atoms with Crippen molar-refractivity contribution in [3.05, 3.63) is 23.8 Å². The van der Waals surface area contributed by atoms with Crippen LogP contribution in [-0.2, 0) is 4.74 Å². The van der Waals surface area contributed by atoms with Crippen molar-refractivity contribution in [2.45, 2.75) is 25.0 Å². The van der Waals surface area contributed by atoms with Crippen LogP contribution in [0.4, 0.5) is 4.79 Å². The van der Waals surface area contributed by atoms with Crippen LogP contribution in [0.5, 0.6) is 11.5 Å². The monoisotopic (exact) mass is 308 g/mol. The summed E-state index contributed by atoms with van der Waals surface area (Å²) in [5.41, 5.74) is 0.693. The molecule has 0 spiro atoms. The van der Waals surface area contributed by atoms with Gasteiger partial charge in [-0.25, -0.2) is 4.79 Å². The Morgan fingerprint density at radius 3 is 2.82 bits per heavy atom. The van der Waals surface area contributed by atoms with Crippen LogP contribution >= 0.6 is 0 Å². The number of carbonyl (C=O) groups is 1. The number of hydrogen-bond donors (Lipinski definition) is 1. The minimum Gasteiger partial charge on any atom is -0.486 e. The third-order valence-electron chi connectivity index (χ3n) is 3.91. The molecule has 3 aliphatic rings. The number of likely N-dealkylation sites (tertiary alicyclic amines) is 1. The van der Waals surface area contributed by atoms with Crippen molar-refractivity contribution in [2.24, 2.45) is 0 Å². The molecule has 0 aliphatic carbocycles. The number of alkyl carbamates (subject to hydrolysis) is 1. The van der Waals surface area contributed by atoms with Crippen molar-refractivity contribution in [2.75, 3.05) is 32.8 Å². The molecule has 0 radical (unpaired) electrons. The molecule has 0 saturated carbocycles. The number of amides is 1. The maximum Gasteiger partial charge on any atom is 0.408 e. The Morgan fingerprint density at radius 1 is 1.23 bits per heavy atom. The van der Waals surface area contributed by atoms with Crippen molar-refractivity contribution < 1.29 is 24.5 Å². The Balaban J connectivity index is 1.59. The number of hydrogen-bond acceptors (Lipinski definition) is 5. The Morgan fingerprint density at radius 2 is 2.00 bits per heavy atom. The summed E-state index contributed by atoms with van der Waals surface area (Å²) in [6.45, 7) is -2.61. The maximum atomic E-state index is 11.8. The normalized spacial score (nSPS) is 34.8. The second kappa shape index (κ2) is 5.68. The molecule has 1 amide bonds. The van der Waals surface area contributed by atoms with E-state index in [9.17, 15) is 4.79 Å². The molecule has 22 heavy (non-hydrogen) atoms. The molecule has 2 atom stereocenters. The highest BCUT2D eigenvalue weighted by molar-refractivity contribution is 5.70. The van der Waals surface area contributed by atoms with Gasteiger partial charge < -0.3 is 24.4 Å². The van der Waals surface area contributed by atoms with Crippen molar-refractivity contribution >= 4 is 6.09 Å². The van der Waals surface area contributed by atoms with Crippen molar-refractivity contribution in [3.8, 4) is 11.5 Å². The van der Waals surface area contributed by atoms with Gasteiger partial charge in [0, 0.05) is 12.0 Å². The third-order valence-corrected chi connectivity index (χ3v) is 3.91. The predicted molar refractivity (Wildman–Crippen MR) is 79.3 cm³/mol. The van der Waals surface area contributed by atoms with Gasteiger partial charge in [-0.05, 0) is 43.5 Å². The molecule has 118 valence electrons. The number of carbonyl (C=O) groups excluding carboxylic acids is 1. The summed E-state index contributed by atoms with van der Waals surface area (Å²) < 4.78 is 48.7. The highest BCUT2D eigenvalue weighted by Crippen LogP contribution is 2.36. The van der Waals surface area contributed by atoms with Gasteiger partial charge in [-0.1, -0.05) is 6.07 Å². The first-order valence-corrected chi connectivity index (χ1v) is 7.41. The lowest BCUT2D eigenvalue weighted by Gasteiger charge is -2.24. The van der Waals surface area contributed by atoms with Crippen molar-refractivity contribution in [1.29, 1.82) is 0 Å². The van der Waals surface area contributed by atoms with E-state index in [0.717, 1.165) is 0 Å². The first-order valence-electron chi connectivity index (χ1n) is 9.41. The molecular weight excluding hydrogens is 284 g/mol. The van der Waals surface area contributed by atoms with E-state index >= 15 is 0 Å². The zero-order valence-electron chi connectivity index (χ0n) is 16.0. The standard InChI is InChI=1S/C16H20N2O4/c19-16-17-12(10-18-5-1-2-6-18)15(22-16)11-3-4-13-14(9-11)21-8-7-20-13/h3-4,9,12,15H,1-2,5-8,10H2,(H,17,19)/t12-,15?/m1/s1/i5D2,6D2. The molecule has 1 aromatic rings. The van der Waals surface area contributed by atoms with E-state index in [2.05, 4.69) is 5.32 Å². The largest absolute Gasteiger partial charge is 0.486 e. The van der Waals surface area contributed by atoms with Crippen LogP contribution < -0.4 is 14.8 Å². The van der Waals surface area contributed by atoms with Gasteiger partial charge in [-0.2, -0.15) is 0 Å². The summed E-state index contributed by atoms with van der Waals surface area (Å²) in [5, 5.41) is 2.68. The lowest BCUT2D eigenvalue weighted by molar-refractivity contribution is 0.124. The molecule has 0 aromatic heterocycles. The number of cyclic esters (lactones) is 1. The summed E-state index contributed by atoms with van der Waals surface area (Å²) in [4.78, 5) is 13.0. The first-order chi connectivity index (χ1) is 12.3. The SMILES string of the molecule is [2H]C1([2H])CCC([2H])([2H])N1C[C@H]1NC(=O)OC1c1ccc2c(c1)OCCO2. The molecule has 6 heteroatoms. The molecule has 1 unspecified atom stereocenters. The number of nitrogens with one attached hydrogen (secondary N) is 1. The van der Waals surface area contributed by atoms with E-state index in [1.54, 1.807) is 18.2 Å². The highest BCUT2D eigenvalue weighted by Gasteiger charge is 2.37. The van der Waals surface area contributed by atoms with Gasteiger partial charge in [0.05, 0.1) is 6.04 Å². The smallest absolute Gasteiger partial charge is 0.408 e. The molecule has 0 bridgehead atoms. The van der Waals surface area contributed by atoms with Gasteiger partial charge in [0.25, 0.3) is 0 Å². The highest BCUT2D eigenvalue weighted by atomic mass is 16.6. The molecule has 3 aliphatic heterocycles. The summed E-state index contributed by atoms with van der Waals surface area (Å²) in [6.07, 6.45) is -1.05. The third kappa shape index (κ3) is 2.59. The van der Waals surface area contributed by atoms with Gasteiger partial charge in [0.15, 0.2) is 17.6 Å². The van der Waals surface area contributed by atoms with Crippen molar-refractivity contribution in [1.82, 2.24) is 10.2 Å². The van der Waals surface area contributed by atoms with Crippen LogP contribution in [0.2, 0.25) is 0 Å². The fourth-order valence-corrected chi connectivity index (χ4v) is 2.90. The maximum absolute atomic E-state index is 11.8. The van der Waals surface area contributed by atoms with Crippen LogP contribution in [0, 0.1) is 0 Å². The summed E-state index contributed by atoms with van der Waals surface area (Å²) in [7, 11) is 0. The molecule has 4 rings (SSSR count). The Bertz CT molecular complexity index is 714. The fraction of sp³-hybridized carbons (Fsp3) is 0.562. The zero-order valence-corrected chi connectivity index (χ0v) is 12.0. The van der Waals surface area contributed by atoms with Gasteiger partial charge in [0.2, 0.25) is 0 Å². The molecule has 2 saturated heterocycles. The van der Waals surface area contributed by atoms with Crippen LogP contribution in [0.1, 0.15) is 30.0 Å². The summed E-state index contributed by atoms with van der Waals surface area (Å²) in [6, 6.07) is 4.70. The van der Waals surface area contributed by atoms with E-state index in [1.165, 1.54) is 4.90 Å². The van der Waals surface area contributed by atoms with E-state index in [0.29, 0.717) is 30.3 Å². The number of benzene rings is 1. The van der Waals surface area contributed by atoms with Crippen LogP contribution in [-0.4, -0.2) is 49.8 Å². The Hall–Kier alpha value is -1.95. The Kier molecular flexibility index (Phi) is 2.57. The zero-order chi connectivity index (χ0) is 18.5. The van der Waals surface area contributed by atoms with E-state index in [4.69, 9.17) is 19.7 Å². The lowest BCUT2D eigenvalue weighted by Crippen LogP contribution is -2.39. The average Bonchev–Trinajstić information content (AvgIpc) is 3.07. The minimum atomic E-state index is -1.77. The van der Waals surface area contributed by atoms with Crippen LogP contribution in [0.3, 0.4) is 0 Å². The second-order valence-electron chi connectivity index (χ2n) is 5.41. The summed E-state index contributed by atoms with van der Waals surface area (Å²) >= 11 is 0.